The predicted molar refractivity (Wildman–Crippen MR) is 133 cm³/mol. The van der Waals surface area contributed by atoms with Crippen LogP contribution >= 0.6 is 0 Å². The molecule has 0 aliphatic rings. The van der Waals surface area contributed by atoms with Gasteiger partial charge < -0.3 is 4.79 Å². The Labute approximate surface area is 186 Å². The van der Waals surface area contributed by atoms with Crippen molar-refractivity contribution in [3.63, 3.8) is 0 Å². The number of carbonyl (C=O) groups is 1. The van der Waals surface area contributed by atoms with Crippen LogP contribution in [0.2, 0.25) is 0 Å². The normalized spacial score (nSPS) is 11.4. The van der Waals surface area contributed by atoms with E-state index in [2.05, 4.69) is 68.4 Å². The van der Waals surface area contributed by atoms with E-state index in [0.717, 1.165) is 34.2 Å². The standard InChI is InChI=1S/C28H29BNO/c1-18(2)25-9-7-24(15-21(25)5)17-29-28(31)22(6)13-19(3)14-23-8-10-27-26(16-23)20(4)11-12-30-27/h7-13,15-16H,1,6,14,17H2,2-5H3/b19-13+. The highest BCUT2D eigenvalue weighted by molar-refractivity contribution is 6.77. The maximum atomic E-state index is 12.6. The topological polar surface area (TPSA) is 30.0 Å². The highest BCUT2D eigenvalue weighted by Crippen LogP contribution is 2.20. The van der Waals surface area contributed by atoms with Gasteiger partial charge in [-0.2, -0.15) is 0 Å². The molecule has 0 saturated carbocycles. The van der Waals surface area contributed by atoms with Crippen molar-refractivity contribution >= 4 is 29.4 Å². The second-order valence-corrected chi connectivity index (χ2v) is 8.37. The number of fused-ring (bicyclic) bond motifs is 1. The van der Waals surface area contributed by atoms with E-state index in [0.29, 0.717) is 11.9 Å². The Morgan fingerprint density at radius 2 is 1.74 bits per heavy atom. The number of aryl methyl sites for hydroxylation is 2. The average Bonchev–Trinajstić information content (AvgIpc) is 2.72. The van der Waals surface area contributed by atoms with Crippen molar-refractivity contribution in [2.24, 2.45) is 0 Å². The van der Waals surface area contributed by atoms with Gasteiger partial charge in [-0.05, 0) is 86.5 Å². The zero-order valence-electron chi connectivity index (χ0n) is 19.0. The molecule has 31 heavy (non-hydrogen) atoms. The summed E-state index contributed by atoms with van der Waals surface area (Å²) in [5, 5.41) is 1.17. The number of hydrogen-bond donors (Lipinski definition) is 0. The summed E-state index contributed by atoms with van der Waals surface area (Å²) in [7, 11) is 1.71. The summed E-state index contributed by atoms with van der Waals surface area (Å²) in [5.74, 6) is 0. The maximum absolute atomic E-state index is 12.6. The van der Waals surface area contributed by atoms with Gasteiger partial charge in [0.1, 0.15) is 5.68 Å². The molecular formula is C28H29BNO. The molecule has 0 bridgehead atoms. The van der Waals surface area contributed by atoms with Crippen LogP contribution in [0.1, 0.15) is 41.7 Å². The zero-order chi connectivity index (χ0) is 22.5. The Bertz CT molecular complexity index is 1200. The summed E-state index contributed by atoms with van der Waals surface area (Å²) >= 11 is 0. The summed E-state index contributed by atoms with van der Waals surface area (Å²) in [6.45, 7) is 16.2. The number of carbonyl (C=O) groups excluding carboxylic acids is 1. The van der Waals surface area contributed by atoms with E-state index in [1.165, 1.54) is 22.1 Å². The molecule has 0 unspecified atom stereocenters. The van der Waals surface area contributed by atoms with Crippen molar-refractivity contribution in [1.29, 1.82) is 0 Å². The van der Waals surface area contributed by atoms with Gasteiger partial charge in [-0.25, -0.2) is 0 Å². The molecule has 1 radical (unpaired) electrons. The number of pyridine rings is 1. The molecule has 0 saturated heterocycles. The maximum Gasteiger partial charge on any atom is 0.213 e. The van der Waals surface area contributed by atoms with Gasteiger partial charge in [0.2, 0.25) is 7.28 Å². The molecule has 3 heteroatoms. The first-order valence-corrected chi connectivity index (χ1v) is 10.6. The van der Waals surface area contributed by atoms with Crippen molar-refractivity contribution in [3.05, 3.63) is 107 Å². The fourth-order valence-electron chi connectivity index (χ4n) is 3.86. The molecule has 3 rings (SSSR count). The van der Waals surface area contributed by atoms with Gasteiger partial charge in [0.15, 0.2) is 0 Å². The smallest absolute Gasteiger partial charge is 0.213 e. The molecule has 0 spiro atoms. The predicted octanol–water partition coefficient (Wildman–Crippen LogP) is 6.36. The van der Waals surface area contributed by atoms with E-state index in [1.807, 2.05) is 32.2 Å². The summed E-state index contributed by atoms with van der Waals surface area (Å²) in [5.41, 5.74) is 9.54. The molecule has 0 amide bonds. The number of benzene rings is 2. The Morgan fingerprint density at radius 1 is 1.00 bits per heavy atom. The monoisotopic (exact) mass is 406 g/mol. The molecule has 2 aromatic carbocycles. The van der Waals surface area contributed by atoms with Crippen molar-refractivity contribution in [2.75, 3.05) is 0 Å². The molecule has 155 valence electrons. The molecule has 0 aliphatic carbocycles. The first kappa shape index (κ1) is 22.5. The minimum atomic E-state index is -0.0282. The second kappa shape index (κ2) is 9.74. The molecular weight excluding hydrogens is 377 g/mol. The molecule has 0 atom stereocenters. The fourth-order valence-corrected chi connectivity index (χ4v) is 3.86. The van der Waals surface area contributed by atoms with Gasteiger partial charge in [0.25, 0.3) is 0 Å². The summed E-state index contributed by atoms with van der Waals surface area (Å²) < 4.78 is 0. The van der Waals surface area contributed by atoms with Crippen LogP contribution in [0.15, 0.2) is 79.0 Å². The summed E-state index contributed by atoms with van der Waals surface area (Å²) in [6.07, 6.45) is 5.11. The van der Waals surface area contributed by atoms with Crippen molar-refractivity contribution in [3.8, 4) is 0 Å². The van der Waals surface area contributed by atoms with Crippen LogP contribution < -0.4 is 0 Å². The van der Waals surface area contributed by atoms with Gasteiger partial charge >= 0.3 is 0 Å². The lowest BCUT2D eigenvalue weighted by Crippen LogP contribution is -2.13. The highest BCUT2D eigenvalue weighted by Gasteiger charge is 2.10. The van der Waals surface area contributed by atoms with Crippen LogP contribution in [-0.4, -0.2) is 17.9 Å². The SMILES string of the molecule is C=C(/C=C(\C)Cc1ccc2nccc(C)c2c1)C(=O)[B]Cc1ccc(C(=C)C)c(C)c1. The van der Waals surface area contributed by atoms with Crippen LogP contribution in [0, 0.1) is 13.8 Å². The van der Waals surface area contributed by atoms with E-state index >= 15 is 0 Å². The van der Waals surface area contributed by atoms with Gasteiger partial charge in [-0.3, -0.25) is 4.98 Å². The molecule has 0 aliphatic heterocycles. The third-order valence-corrected chi connectivity index (χ3v) is 5.52. The average molecular weight is 406 g/mol. The van der Waals surface area contributed by atoms with E-state index in [-0.39, 0.29) is 5.68 Å². The second-order valence-electron chi connectivity index (χ2n) is 8.37. The van der Waals surface area contributed by atoms with Crippen molar-refractivity contribution in [1.82, 2.24) is 4.98 Å². The Hall–Kier alpha value is -3.20. The quantitative estimate of drug-likeness (QED) is 0.248. The Balaban J connectivity index is 1.62. The largest absolute Gasteiger partial charge is 0.307 e. The van der Waals surface area contributed by atoms with Crippen LogP contribution in [0.5, 0.6) is 0 Å². The van der Waals surface area contributed by atoms with E-state index < -0.39 is 0 Å². The van der Waals surface area contributed by atoms with Gasteiger partial charge in [-0.1, -0.05) is 60.2 Å². The van der Waals surface area contributed by atoms with Crippen LogP contribution in [0.4, 0.5) is 0 Å². The Kier molecular flexibility index (Phi) is 7.07. The van der Waals surface area contributed by atoms with Gasteiger partial charge in [0, 0.05) is 11.6 Å². The minimum Gasteiger partial charge on any atom is -0.307 e. The van der Waals surface area contributed by atoms with Gasteiger partial charge in [-0.15, -0.1) is 0 Å². The third kappa shape index (κ3) is 5.70. The highest BCUT2D eigenvalue weighted by atomic mass is 16.1. The summed E-state index contributed by atoms with van der Waals surface area (Å²) in [6, 6.07) is 14.6. The first-order chi connectivity index (χ1) is 14.7. The molecule has 3 aromatic rings. The van der Waals surface area contributed by atoms with Crippen LogP contribution in [0.3, 0.4) is 0 Å². The van der Waals surface area contributed by atoms with E-state index in [9.17, 15) is 4.79 Å². The number of nitrogens with zero attached hydrogens (tertiary/aromatic N) is 1. The third-order valence-electron chi connectivity index (χ3n) is 5.52. The lowest BCUT2D eigenvalue weighted by atomic mass is 9.65. The molecule has 0 fully saturated rings. The number of aromatic nitrogens is 1. The van der Waals surface area contributed by atoms with Crippen molar-refractivity contribution in [2.45, 2.75) is 40.4 Å². The molecule has 1 aromatic heterocycles. The number of allylic oxidation sites excluding steroid dienone is 4. The molecule has 0 N–H and O–H groups in total. The number of hydrogen-bond acceptors (Lipinski definition) is 2. The fraction of sp³-hybridized carbons (Fsp3) is 0.214. The van der Waals surface area contributed by atoms with E-state index in [1.54, 1.807) is 7.28 Å². The molecule has 1 heterocycles. The number of rotatable bonds is 8. The van der Waals surface area contributed by atoms with Crippen LogP contribution in [0.25, 0.3) is 16.5 Å². The lowest BCUT2D eigenvalue weighted by Gasteiger charge is -2.08. The van der Waals surface area contributed by atoms with Crippen LogP contribution in [-0.2, 0) is 17.5 Å². The van der Waals surface area contributed by atoms with Crippen molar-refractivity contribution < 1.29 is 4.79 Å². The summed E-state index contributed by atoms with van der Waals surface area (Å²) in [4.78, 5) is 17.0. The lowest BCUT2D eigenvalue weighted by molar-refractivity contribution is -0.108. The first-order valence-electron chi connectivity index (χ1n) is 10.6. The van der Waals surface area contributed by atoms with Gasteiger partial charge in [0.05, 0.1) is 5.52 Å². The zero-order valence-corrected chi connectivity index (χ0v) is 19.0. The minimum absolute atomic E-state index is 0.0282. The Morgan fingerprint density at radius 3 is 2.45 bits per heavy atom. The van der Waals surface area contributed by atoms with E-state index in [4.69, 9.17) is 0 Å². The molecule has 2 nitrogen and oxygen atoms in total.